The number of hydrogen-bond donors (Lipinski definition) is 0. The van der Waals surface area contributed by atoms with Gasteiger partial charge in [-0.1, -0.05) is 34.1 Å². The zero-order chi connectivity index (χ0) is 13.8. The number of aldehydes is 1. The van der Waals surface area contributed by atoms with Crippen LogP contribution in [-0.2, 0) is 0 Å². The molecule has 2 aromatic rings. The summed E-state index contributed by atoms with van der Waals surface area (Å²) in [6.45, 7) is 4.98. The molecule has 0 aromatic heterocycles. The monoisotopic (exact) mass is 317 g/mol. The van der Waals surface area contributed by atoms with Crippen molar-refractivity contribution in [3.63, 3.8) is 0 Å². The predicted octanol–water partition coefficient (Wildman–Crippen LogP) is 4.73. The predicted molar refractivity (Wildman–Crippen MR) is 83.4 cm³/mol. The van der Waals surface area contributed by atoms with Crippen LogP contribution in [0.4, 0.5) is 11.4 Å². The van der Waals surface area contributed by atoms with Crippen LogP contribution in [0.15, 0.2) is 46.9 Å². The molecular weight excluding hydrogens is 302 g/mol. The van der Waals surface area contributed by atoms with E-state index < -0.39 is 0 Å². The Kier molecular flexibility index (Phi) is 4.38. The van der Waals surface area contributed by atoms with E-state index >= 15 is 0 Å². The van der Waals surface area contributed by atoms with Crippen molar-refractivity contribution in [2.24, 2.45) is 0 Å². The molecule has 2 aromatic carbocycles. The Morgan fingerprint density at radius 3 is 2.53 bits per heavy atom. The number of carbonyl (C=O) groups is 1. The summed E-state index contributed by atoms with van der Waals surface area (Å²) < 4.78 is 0.916. The van der Waals surface area contributed by atoms with E-state index in [1.165, 1.54) is 5.56 Å². The van der Waals surface area contributed by atoms with Crippen LogP contribution in [-0.4, -0.2) is 12.8 Å². The molecule has 0 N–H and O–H groups in total. The van der Waals surface area contributed by atoms with E-state index in [9.17, 15) is 4.79 Å². The summed E-state index contributed by atoms with van der Waals surface area (Å²) in [5.74, 6) is 0. The number of halogens is 1. The maximum absolute atomic E-state index is 11.3. The van der Waals surface area contributed by atoms with Crippen molar-refractivity contribution in [2.75, 3.05) is 11.4 Å². The summed E-state index contributed by atoms with van der Waals surface area (Å²) in [6.07, 6.45) is 0.904. The largest absolute Gasteiger partial charge is 0.341 e. The van der Waals surface area contributed by atoms with Crippen molar-refractivity contribution in [2.45, 2.75) is 13.8 Å². The lowest BCUT2D eigenvalue weighted by atomic mass is 10.1. The number of aryl methyl sites for hydroxylation is 1. The number of para-hydroxylation sites is 1. The molecule has 98 valence electrons. The fraction of sp³-hybridized carbons (Fsp3) is 0.188. The van der Waals surface area contributed by atoms with Crippen molar-refractivity contribution in [3.8, 4) is 0 Å². The summed E-state index contributed by atoms with van der Waals surface area (Å²) in [6, 6.07) is 14.0. The van der Waals surface area contributed by atoms with E-state index in [4.69, 9.17) is 0 Å². The first-order valence-corrected chi connectivity index (χ1v) is 7.04. The summed E-state index contributed by atoms with van der Waals surface area (Å²) in [4.78, 5) is 13.4. The maximum Gasteiger partial charge on any atom is 0.152 e. The molecule has 0 heterocycles. The molecule has 19 heavy (non-hydrogen) atoms. The highest BCUT2D eigenvalue weighted by molar-refractivity contribution is 9.10. The molecule has 2 nitrogen and oxygen atoms in total. The van der Waals surface area contributed by atoms with E-state index in [1.807, 2.05) is 30.3 Å². The molecule has 0 aliphatic rings. The van der Waals surface area contributed by atoms with Crippen molar-refractivity contribution in [1.82, 2.24) is 0 Å². The van der Waals surface area contributed by atoms with Gasteiger partial charge < -0.3 is 4.90 Å². The minimum atomic E-state index is 0.694. The van der Waals surface area contributed by atoms with E-state index in [0.29, 0.717) is 5.56 Å². The van der Waals surface area contributed by atoms with Gasteiger partial charge in [0.15, 0.2) is 6.29 Å². The molecule has 3 heteroatoms. The molecule has 2 rings (SSSR count). The molecule has 0 radical (unpaired) electrons. The fourth-order valence-corrected chi connectivity index (χ4v) is 2.58. The van der Waals surface area contributed by atoms with Crippen molar-refractivity contribution < 1.29 is 4.79 Å². The Bertz CT molecular complexity index is 595. The number of benzene rings is 2. The van der Waals surface area contributed by atoms with Crippen LogP contribution in [0, 0.1) is 6.92 Å². The first-order valence-electron chi connectivity index (χ1n) is 6.25. The minimum Gasteiger partial charge on any atom is -0.341 e. The summed E-state index contributed by atoms with van der Waals surface area (Å²) in [7, 11) is 0. The standard InChI is InChI=1S/C16H16BrNO/c1-3-18(15-7-5-4-6-12(15)2)16-9-8-14(17)10-13(16)11-19/h4-11H,3H2,1-2H3. The van der Waals surface area contributed by atoms with Crippen LogP contribution in [0.3, 0.4) is 0 Å². The molecule has 0 atom stereocenters. The summed E-state index contributed by atoms with van der Waals surface area (Å²) >= 11 is 3.40. The van der Waals surface area contributed by atoms with Gasteiger partial charge in [0.25, 0.3) is 0 Å². The molecule has 0 saturated carbocycles. The Morgan fingerprint density at radius 2 is 1.89 bits per heavy atom. The molecule has 0 unspecified atom stereocenters. The van der Waals surface area contributed by atoms with Gasteiger partial charge in [-0.3, -0.25) is 4.79 Å². The van der Waals surface area contributed by atoms with Crippen LogP contribution in [0.1, 0.15) is 22.8 Å². The van der Waals surface area contributed by atoms with Gasteiger partial charge >= 0.3 is 0 Å². The lowest BCUT2D eigenvalue weighted by Crippen LogP contribution is -2.18. The first-order chi connectivity index (χ1) is 9.17. The van der Waals surface area contributed by atoms with E-state index in [1.54, 1.807) is 0 Å². The lowest BCUT2D eigenvalue weighted by molar-refractivity contribution is 0.112. The van der Waals surface area contributed by atoms with Gasteiger partial charge in [0.1, 0.15) is 0 Å². The van der Waals surface area contributed by atoms with Crippen LogP contribution in [0.25, 0.3) is 0 Å². The highest BCUT2D eigenvalue weighted by Gasteiger charge is 2.13. The second-order valence-electron chi connectivity index (χ2n) is 4.35. The lowest BCUT2D eigenvalue weighted by Gasteiger charge is -2.26. The average Bonchev–Trinajstić information content (AvgIpc) is 2.43. The number of nitrogens with zero attached hydrogens (tertiary/aromatic N) is 1. The van der Waals surface area contributed by atoms with Crippen molar-refractivity contribution in [1.29, 1.82) is 0 Å². The van der Waals surface area contributed by atoms with Gasteiger partial charge in [0, 0.05) is 22.3 Å². The SMILES string of the molecule is CCN(c1ccccc1C)c1ccc(Br)cc1C=O. The Labute approximate surface area is 122 Å². The second-order valence-corrected chi connectivity index (χ2v) is 5.27. The van der Waals surface area contributed by atoms with Crippen LogP contribution < -0.4 is 4.90 Å². The Balaban J connectivity index is 2.54. The molecule has 0 bridgehead atoms. The van der Waals surface area contributed by atoms with Gasteiger partial charge in [-0.25, -0.2) is 0 Å². The summed E-state index contributed by atoms with van der Waals surface area (Å²) in [5, 5.41) is 0. The number of rotatable bonds is 4. The Morgan fingerprint density at radius 1 is 1.16 bits per heavy atom. The molecule has 0 aliphatic carbocycles. The van der Waals surface area contributed by atoms with Gasteiger partial charge in [0.05, 0.1) is 5.69 Å². The zero-order valence-electron chi connectivity index (χ0n) is 11.1. The third-order valence-corrected chi connectivity index (χ3v) is 3.62. The molecular formula is C16H16BrNO. The maximum atomic E-state index is 11.3. The number of anilines is 2. The zero-order valence-corrected chi connectivity index (χ0v) is 12.6. The van der Waals surface area contributed by atoms with Gasteiger partial charge in [-0.15, -0.1) is 0 Å². The van der Waals surface area contributed by atoms with Gasteiger partial charge in [-0.2, -0.15) is 0 Å². The van der Waals surface area contributed by atoms with E-state index in [0.717, 1.165) is 28.7 Å². The average molecular weight is 318 g/mol. The van der Waals surface area contributed by atoms with E-state index in [2.05, 4.69) is 46.8 Å². The fourth-order valence-electron chi connectivity index (χ4n) is 2.20. The smallest absolute Gasteiger partial charge is 0.152 e. The first kappa shape index (κ1) is 13.8. The second kappa shape index (κ2) is 6.02. The third kappa shape index (κ3) is 2.87. The van der Waals surface area contributed by atoms with Crippen molar-refractivity contribution >= 4 is 33.6 Å². The minimum absolute atomic E-state index is 0.694. The molecule has 0 aliphatic heterocycles. The van der Waals surface area contributed by atoms with Crippen LogP contribution in [0.5, 0.6) is 0 Å². The van der Waals surface area contributed by atoms with Crippen LogP contribution in [0.2, 0.25) is 0 Å². The quantitative estimate of drug-likeness (QED) is 0.760. The number of carbonyl (C=O) groups excluding carboxylic acids is 1. The van der Waals surface area contributed by atoms with Crippen molar-refractivity contribution in [3.05, 3.63) is 58.1 Å². The van der Waals surface area contributed by atoms with Gasteiger partial charge in [-0.05, 0) is 43.7 Å². The highest BCUT2D eigenvalue weighted by atomic mass is 79.9. The Hall–Kier alpha value is -1.61. The van der Waals surface area contributed by atoms with Crippen LogP contribution >= 0.6 is 15.9 Å². The van der Waals surface area contributed by atoms with Gasteiger partial charge in [0.2, 0.25) is 0 Å². The molecule has 0 spiro atoms. The highest BCUT2D eigenvalue weighted by Crippen LogP contribution is 2.31. The topological polar surface area (TPSA) is 20.3 Å². The molecule has 0 saturated heterocycles. The summed E-state index contributed by atoms with van der Waals surface area (Å²) in [5.41, 5.74) is 3.97. The third-order valence-electron chi connectivity index (χ3n) is 3.13. The number of hydrogen-bond acceptors (Lipinski definition) is 2. The normalized spacial score (nSPS) is 10.3. The molecule has 0 fully saturated rings. The molecule has 0 amide bonds. The van der Waals surface area contributed by atoms with E-state index in [-0.39, 0.29) is 0 Å².